The number of pyridine rings is 1. The summed E-state index contributed by atoms with van der Waals surface area (Å²) in [6.07, 6.45) is 20.1. The number of hydrazone groups is 1. The number of rotatable bonds is 21. The standard InChI is InChI=1S/C44H65N7O3/c1-11-15-16-24-45-44(48-38-19-20-40(34(6)29-38)54-39-22-27-51(28-23-39)46-14-4)43-35(7)30-41(36(8)47-43)53-32-37(13-3)31-50(26-21-33(5)12-2)42(52)18-17-25-49(9)10/h14,16-20,22-24,27,29-30,33,37H,11-13,15,21,25-26,28,31-32H2,1-10H3,(H,45,48)/b18-17+,24-16+,46-14-. The summed E-state index contributed by atoms with van der Waals surface area (Å²) in [6, 6.07) is 8.07. The van der Waals surface area contributed by atoms with Gasteiger partial charge in [0, 0.05) is 55.9 Å². The van der Waals surface area contributed by atoms with Gasteiger partial charge in [-0.15, -0.1) is 0 Å². The Labute approximate surface area is 325 Å². The van der Waals surface area contributed by atoms with E-state index in [0.29, 0.717) is 31.4 Å². The molecule has 1 aliphatic heterocycles. The lowest BCUT2D eigenvalue weighted by atomic mass is 10.0. The van der Waals surface area contributed by atoms with Crippen LogP contribution in [0.5, 0.6) is 11.5 Å². The number of aliphatic imine (C=N–C) groups is 1. The molecular weight excluding hydrogens is 675 g/mol. The molecule has 10 heteroatoms. The van der Waals surface area contributed by atoms with Crippen LogP contribution in [-0.2, 0) is 4.79 Å². The lowest BCUT2D eigenvalue weighted by Gasteiger charge is -2.28. The van der Waals surface area contributed by atoms with Crippen molar-refractivity contribution in [1.82, 2.24) is 19.8 Å². The van der Waals surface area contributed by atoms with E-state index in [2.05, 4.69) is 50.3 Å². The fourth-order valence-corrected chi connectivity index (χ4v) is 5.63. The van der Waals surface area contributed by atoms with Crippen molar-refractivity contribution in [1.29, 1.82) is 0 Å². The Kier molecular flexibility index (Phi) is 18.7. The predicted molar refractivity (Wildman–Crippen MR) is 225 cm³/mol. The van der Waals surface area contributed by atoms with Crippen molar-refractivity contribution >= 4 is 23.6 Å². The number of aromatic nitrogens is 1. The van der Waals surface area contributed by atoms with Crippen LogP contribution in [0.1, 0.15) is 89.2 Å². The summed E-state index contributed by atoms with van der Waals surface area (Å²) in [5.74, 6) is 3.78. The summed E-state index contributed by atoms with van der Waals surface area (Å²) in [4.78, 5) is 27.2. The minimum atomic E-state index is 0.0644. The van der Waals surface area contributed by atoms with Crippen LogP contribution >= 0.6 is 0 Å². The van der Waals surface area contributed by atoms with Crippen molar-refractivity contribution in [2.45, 2.75) is 87.5 Å². The third-order valence-corrected chi connectivity index (χ3v) is 9.33. The molecule has 2 heterocycles. The van der Waals surface area contributed by atoms with E-state index >= 15 is 0 Å². The van der Waals surface area contributed by atoms with E-state index in [0.717, 1.165) is 90.7 Å². The second-order valence-electron chi connectivity index (χ2n) is 14.4. The number of carbonyl (C=O) groups is 1. The molecule has 1 aromatic heterocycles. The van der Waals surface area contributed by atoms with Gasteiger partial charge in [-0.25, -0.2) is 9.98 Å². The van der Waals surface area contributed by atoms with Crippen LogP contribution in [0.2, 0.25) is 0 Å². The third kappa shape index (κ3) is 14.6. The number of hydrogen-bond acceptors (Lipinski definition) is 8. The van der Waals surface area contributed by atoms with Gasteiger partial charge in [0.2, 0.25) is 5.91 Å². The Hall–Kier alpha value is -4.70. The van der Waals surface area contributed by atoms with Crippen molar-refractivity contribution in [2.24, 2.45) is 21.9 Å². The van der Waals surface area contributed by atoms with Crippen molar-refractivity contribution in [3.63, 3.8) is 0 Å². The summed E-state index contributed by atoms with van der Waals surface area (Å²) < 4.78 is 12.7. The number of benzene rings is 1. The molecule has 1 aliphatic rings. The SMILES string of the molecule is C/C=N\N1C=CC(Oc2ccc(NC(=N/C=C/CCC)c3nc(C)c(OCC(CC)CN(CCC(C)CC)C(=O)/C=C/CN(C)C)cc3C)cc2C)=CC1. The zero-order chi connectivity index (χ0) is 39.5. The number of nitrogens with one attached hydrogen (secondary N) is 1. The maximum Gasteiger partial charge on any atom is 0.246 e. The van der Waals surface area contributed by atoms with Gasteiger partial charge in [0.25, 0.3) is 0 Å². The number of ether oxygens (including phenoxy) is 2. The van der Waals surface area contributed by atoms with Crippen LogP contribution in [0.3, 0.4) is 0 Å². The van der Waals surface area contributed by atoms with E-state index in [1.54, 1.807) is 12.3 Å². The smallest absolute Gasteiger partial charge is 0.246 e. The first-order valence-electron chi connectivity index (χ1n) is 19.6. The number of allylic oxidation sites excluding steroid dienone is 2. The highest BCUT2D eigenvalue weighted by Gasteiger charge is 2.20. The molecule has 0 bridgehead atoms. The van der Waals surface area contributed by atoms with E-state index in [-0.39, 0.29) is 11.8 Å². The normalized spacial score (nSPS) is 14.7. The molecule has 2 aromatic rings. The molecule has 0 saturated carbocycles. The zero-order valence-corrected chi connectivity index (χ0v) is 34.6. The van der Waals surface area contributed by atoms with Crippen molar-refractivity contribution in [3.05, 3.63) is 95.3 Å². The Morgan fingerprint density at radius 1 is 1.07 bits per heavy atom. The minimum Gasteiger partial charge on any atom is -0.491 e. The van der Waals surface area contributed by atoms with Crippen LogP contribution in [0.4, 0.5) is 5.69 Å². The number of unbranched alkanes of at least 4 members (excludes halogenated alkanes) is 1. The molecule has 1 amide bonds. The van der Waals surface area contributed by atoms with Crippen LogP contribution in [0.25, 0.3) is 0 Å². The van der Waals surface area contributed by atoms with E-state index in [4.69, 9.17) is 19.5 Å². The summed E-state index contributed by atoms with van der Waals surface area (Å²) in [6.45, 7) is 20.0. The van der Waals surface area contributed by atoms with Crippen LogP contribution in [0.15, 0.2) is 82.9 Å². The van der Waals surface area contributed by atoms with Gasteiger partial charge in [0.15, 0.2) is 5.84 Å². The highest BCUT2D eigenvalue weighted by Crippen LogP contribution is 2.27. The monoisotopic (exact) mass is 740 g/mol. The van der Waals surface area contributed by atoms with Crippen molar-refractivity contribution in [3.8, 4) is 11.5 Å². The molecule has 0 spiro atoms. The quantitative estimate of drug-likeness (QED) is 0.0776. The zero-order valence-electron chi connectivity index (χ0n) is 34.6. The van der Waals surface area contributed by atoms with Gasteiger partial charge in [0.1, 0.15) is 23.0 Å². The summed E-state index contributed by atoms with van der Waals surface area (Å²) in [5.41, 5.74) is 4.36. The number of amidine groups is 1. The maximum atomic E-state index is 13.3. The van der Waals surface area contributed by atoms with Crippen LogP contribution < -0.4 is 14.8 Å². The van der Waals surface area contributed by atoms with Gasteiger partial charge < -0.3 is 24.6 Å². The number of anilines is 1. The molecule has 1 N–H and O–H groups in total. The number of likely N-dealkylation sites (N-methyl/N-ethyl adjacent to an activating group) is 1. The first-order chi connectivity index (χ1) is 26.0. The Bertz CT molecular complexity index is 1670. The number of amides is 1. The van der Waals surface area contributed by atoms with Crippen LogP contribution in [0, 0.1) is 32.6 Å². The molecule has 0 aliphatic carbocycles. The number of nitrogens with zero attached hydrogens (tertiary/aromatic N) is 6. The lowest BCUT2D eigenvalue weighted by molar-refractivity contribution is -0.127. The Balaban J connectivity index is 1.77. The van der Waals surface area contributed by atoms with Crippen LogP contribution in [-0.4, -0.2) is 84.6 Å². The first-order valence-corrected chi connectivity index (χ1v) is 19.6. The molecule has 1 aromatic carbocycles. The minimum absolute atomic E-state index is 0.0644. The highest BCUT2D eigenvalue weighted by atomic mass is 16.5. The average Bonchev–Trinajstić information content (AvgIpc) is 3.15. The summed E-state index contributed by atoms with van der Waals surface area (Å²) in [7, 11) is 4.00. The largest absolute Gasteiger partial charge is 0.491 e. The molecule has 0 fully saturated rings. The molecule has 0 saturated heterocycles. The van der Waals surface area contributed by atoms with Gasteiger partial charge >= 0.3 is 0 Å². The van der Waals surface area contributed by atoms with Crippen molar-refractivity contribution in [2.75, 3.05) is 52.2 Å². The van der Waals surface area contributed by atoms with E-state index in [1.807, 2.05) is 105 Å². The molecular formula is C44H65N7O3. The Morgan fingerprint density at radius 2 is 1.87 bits per heavy atom. The second kappa shape index (κ2) is 23.2. The first kappa shape index (κ1) is 43.7. The summed E-state index contributed by atoms with van der Waals surface area (Å²) >= 11 is 0. The van der Waals surface area contributed by atoms with E-state index < -0.39 is 0 Å². The Morgan fingerprint density at radius 3 is 2.52 bits per heavy atom. The fourth-order valence-electron chi connectivity index (χ4n) is 5.63. The van der Waals surface area contributed by atoms with Gasteiger partial charge in [-0.2, -0.15) is 5.10 Å². The van der Waals surface area contributed by atoms with Crippen molar-refractivity contribution < 1.29 is 14.3 Å². The fraction of sp³-hybridized carbons (Fsp3) is 0.500. The maximum absolute atomic E-state index is 13.3. The molecule has 2 unspecified atom stereocenters. The summed E-state index contributed by atoms with van der Waals surface area (Å²) in [5, 5.41) is 9.66. The van der Waals surface area contributed by atoms with E-state index in [1.165, 1.54) is 0 Å². The number of aryl methyl sites for hydroxylation is 3. The number of carbonyl (C=O) groups excluding carboxylic acids is 1. The third-order valence-electron chi connectivity index (χ3n) is 9.33. The van der Waals surface area contributed by atoms with Gasteiger partial charge in [-0.1, -0.05) is 52.7 Å². The number of hydrogen-bond donors (Lipinski definition) is 1. The average molecular weight is 740 g/mol. The van der Waals surface area contributed by atoms with E-state index in [9.17, 15) is 4.79 Å². The van der Waals surface area contributed by atoms with Gasteiger partial charge in [0.05, 0.1) is 18.8 Å². The predicted octanol–water partition coefficient (Wildman–Crippen LogP) is 9.06. The molecule has 54 heavy (non-hydrogen) atoms. The van der Waals surface area contributed by atoms with Gasteiger partial charge in [-0.05, 0) is 115 Å². The topological polar surface area (TPSA) is 94.9 Å². The molecule has 3 rings (SSSR count). The molecule has 294 valence electrons. The highest BCUT2D eigenvalue weighted by molar-refractivity contribution is 6.08. The molecule has 0 radical (unpaired) electrons. The second-order valence-corrected chi connectivity index (χ2v) is 14.4. The molecule has 10 nitrogen and oxygen atoms in total. The molecule has 2 atom stereocenters. The lowest BCUT2D eigenvalue weighted by Crippen LogP contribution is -2.37. The van der Waals surface area contributed by atoms with Gasteiger partial charge in [-0.3, -0.25) is 9.80 Å².